The van der Waals surface area contributed by atoms with Gasteiger partial charge < -0.3 is 5.73 Å². The van der Waals surface area contributed by atoms with Gasteiger partial charge in [0.15, 0.2) is 0 Å². The van der Waals surface area contributed by atoms with E-state index in [0.29, 0.717) is 6.42 Å². The molecule has 5 heteroatoms. The van der Waals surface area contributed by atoms with Gasteiger partial charge >= 0.3 is 0 Å². The van der Waals surface area contributed by atoms with E-state index < -0.39 is 0 Å². The summed E-state index contributed by atoms with van der Waals surface area (Å²) >= 11 is 3.43. The van der Waals surface area contributed by atoms with E-state index in [1.54, 1.807) is 18.6 Å². The maximum absolute atomic E-state index is 5.86. The predicted molar refractivity (Wildman–Crippen MR) is 91.4 cm³/mol. The smallest absolute Gasteiger partial charge is 0.133 e. The number of aryl methyl sites for hydroxylation is 1. The number of benzene rings is 1. The molecule has 0 fully saturated rings. The summed E-state index contributed by atoms with van der Waals surface area (Å²) in [6.45, 7) is 2.07. The van der Waals surface area contributed by atoms with Crippen LogP contribution in [0.3, 0.4) is 0 Å². The van der Waals surface area contributed by atoms with E-state index in [0.717, 1.165) is 32.8 Å². The Balaban J connectivity index is 1.93. The number of anilines is 1. The lowest BCUT2D eigenvalue weighted by Crippen LogP contribution is -2.00. The highest BCUT2D eigenvalue weighted by molar-refractivity contribution is 9.10. The zero-order chi connectivity index (χ0) is 15.5. The highest BCUT2D eigenvalue weighted by atomic mass is 79.9. The van der Waals surface area contributed by atoms with Crippen LogP contribution in [0, 0.1) is 6.92 Å². The Morgan fingerprint density at radius 3 is 2.82 bits per heavy atom. The van der Waals surface area contributed by atoms with Crippen LogP contribution in [0.2, 0.25) is 0 Å². The zero-order valence-electron chi connectivity index (χ0n) is 12.1. The van der Waals surface area contributed by atoms with Crippen LogP contribution in [0.15, 0.2) is 53.4 Å². The number of pyridine rings is 1. The molecule has 0 aliphatic carbocycles. The van der Waals surface area contributed by atoms with Crippen molar-refractivity contribution in [1.82, 2.24) is 15.0 Å². The van der Waals surface area contributed by atoms with Crippen LogP contribution >= 0.6 is 15.9 Å². The van der Waals surface area contributed by atoms with Crippen LogP contribution in [0.5, 0.6) is 0 Å². The molecule has 0 saturated carbocycles. The van der Waals surface area contributed by atoms with Gasteiger partial charge in [-0.1, -0.05) is 6.07 Å². The minimum Gasteiger partial charge on any atom is -0.399 e. The van der Waals surface area contributed by atoms with E-state index in [4.69, 9.17) is 5.73 Å². The van der Waals surface area contributed by atoms with E-state index >= 15 is 0 Å². The third-order valence-corrected chi connectivity index (χ3v) is 3.86. The van der Waals surface area contributed by atoms with Gasteiger partial charge in [-0.15, -0.1) is 0 Å². The normalized spacial score (nSPS) is 10.6. The van der Waals surface area contributed by atoms with Gasteiger partial charge in [-0.2, -0.15) is 0 Å². The van der Waals surface area contributed by atoms with E-state index in [9.17, 15) is 0 Å². The van der Waals surface area contributed by atoms with Crippen molar-refractivity contribution in [2.45, 2.75) is 13.3 Å². The SMILES string of the molecule is Cc1ccc(N)cc1Cc1nccc(-c2cncc(Br)c2)n1. The van der Waals surface area contributed by atoms with E-state index in [1.807, 2.05) is 30.3 Å². The van der Waals surface area contributed by atoms with Crippen LogP contribution in [0.1, 0.15) is 17.0 Å². The van der Waals surface area contributed by atoms with Crippen LogP contribution in [-0.2, 0) is 6.42 Å². The maximum atomic E-state index is 5.86. The number of halogens is 1. The lowest BCUT2D eigenvalue weighted by molar-refractivity contribution is 0.964. The zero-order valence-corrected chi connectivity index (χ0v) is 13.7. The lowest BCUT2D eigenvalue weighted by atomic mass is 10.0. The second kappa shape index (κ2) is 6.23. The first-order chi connectivity index (χ1) is 10.6. The molecule has 0 unspecified atom stereocenters. The molecular formula is C17H15BrN4. The molecule has 3 aromatic rings. The molecular weight excluding hydrogens is 340 g/mol. The Bertz CT molecular complexity index is 817. The molecule has 0 aliphatic rings. The fourth-order valence-corrected chi connectivity index (χ4v) is 2.61. The minimum absolute atomic E-state index is 0.659. The fraction of sp³-hybridized carbons (Fsp3) is 0.118. The van der Waals surface area contributed by atoms with Gasteiger partial charge in [0, 0.05) is 40.7 Å². The summed E-state index contributed by atoms with van der Waals surface area (Å²) in [5, 5.41) is 0. The van der Waals surface area contributed by atoms with Crippen molar-refractivity contribution >= 4 is 21.6 Å². The number of rotatable bonds is 3. The van der Waals surface area contributed by atoms with Gasteiger partial charge in [-0.25, -0.2) is 9.97 Å². The summed E-state index contributed by atoms with van der Waals surface area (Å²) in [7, 11) is 0. The highest BCUT2D eigenvalue weighted by Gasteiger charge is 2.06. The molecule has 4 nitrogen and oxygen atoms in total. The molecule has 0 atom stereocenters. The average molecular weight is 355 g/mol. The Kier molecular flexibility index (Phi) is 4.15. The lowest BCUT2D eigenvalue weighted by Gasteiger charge is -2.07. The van der Waals surface area contributed by atoms with Gasteiger partial charge in [-0.3, -0.25) is 4.98 Å². The molecule has 3 rings (SSSR count). The number of hydrogen-bond donors (Lipinski definition) is 1. The van der Waals surface area contributed by atoms with Gasteiger partial charge in [0.25, 0.3) is 0 Å². The fourth-order valence-electron chi connectivity index (χ4n) is 2.25. The summed E-state index contributed by atoms with van der Waals surface area (Å²) in [5.41, 5.74) is 10.8. The quantitative estimate of drug-likeness (QED) is 0.726. The topological polar surface area (TPSA) is 64.7 Å². The molecule has 0 aliphatic heterocycles. The minimum atomic E-state index is 0.659. The number of hydrogen-bond acceptors (Lipinski definition) is 4. The van der Waals surface area contributed by atoms with Crippen molar-refractivity contribution in [3.05, 3.63) is 70.3 Å². The first kappa shape index (κ1) is 14.7. The monoisotopic (exact) mass is 354 g/mol. The van der Waals surface area contributed by atoms with Crippen molar-refractivity contribution in [3.63, 3.8) is 0 Å². The van der Waals surface area contributed by atoms with Crippen LogP contribution in [-0.4, -0.2) is 15.0 Å². The molecule has 110 valence electrons. The summed E-state index contributed by atoms with van der Waals surface area (Å²) in [5.74, 6) is 0.770. The van der Waals surface area contributed by atoms with Gasteiger partial charge in [-0.05, 0) is 58.2 Å². The first-order valence-electron chi connectivity index (χ1n) is 6.89. The third-order valence-electron chi connectivity index (χ3n) is 3.43. The summed E-state index contributed by atoms with van der Waals surface area (Å²) in [6.07, 6.45) is 5.98. The second-order valence-electron chi connectivity index (χ2n) is 5.11. The predicted octanol–water partition coefficient (Wildman–Crippen LogP) is 3.78. The molecule has 22 heavy (non-hydrogen) atoms. The van der Waals surface area contributed by atoms with Crippen molar-refractivity contribution in [2.24, 2.45) is 0 Å². The van der Waals surface area contributed by atoms with E-state index in [2.05, 4.69) is 37.8 Å². The van der Waals surface area contributed by atoms with Crippen molar-refractivity contribution < 1.29 is 0 Å². The third kappa shape index (κ3) is 3.31. The van der Waals surface area contributed by atoms with E-state index in [-0.39, 0.29) is 0 Å². The number of nitrogen functional groups attached to an aromatic ring is 1. The van der Waals surface area contributed by atoms with Gasteiger partial charge in [0.05, 0.1) is 5.69 Å². The Morgan fingerprint density at radius 2 is 2.00 bits per heavy atom. The van der Waals surface area contributed by atoms with Crippen molar-refractivity contribution in [2.75, 3.05) is 5.73 Å². The first-order valence-corrected chi connectivity index (χ1v) is 7.69. The number of nitrogens with two attached hydrogens (primary N) is 1. The molecule has 0 saturated heterocycles. The van der Waals surface area contributed by atoms with Crippen LogP contribution < -0.4 is 5.73 Å². The van der Waals surface area contributed by atoms with E-state index in [1.165, 1.54) is 5.56 Å². The molecule has 0 radical (unpaired) electrons. The molecule has 0 spiro atoms. The number of nitrogens with zero attached hydrogens (tertiary/aromatic N) is 3. The standard InChI is InChI=1S/C17H15BrN4/c1-11-2-3-15(19)7-12(11)8-17-21-5-4-16(22-17)13-6-14(18)10-20-9-13/h2-7,9-10H,8,19H2,1H3. The average Bonchev–Trinajstić information content (AvgIpc) is 2.51. The van der Waals surface area contributed by atoms with Gasteiger partial charge in [0.2, 0.25) is 0 Å². The molecule has 2 N–H and O–H groups in total. The summed E-state index contributed by atoms with van der Waals surface area (Å²) in [6, 6.07) is 9.78. The molecule has 1 aromatic carbocycles. The Hall–Kier alpha value is -2.27. The molecule has 2 aromatic heterocycles. The highest BCUT2D eigenvalue weighted by Crippen LogP contribution is 2.21. The summed E-state index contributed by atoms with van der Waals surface area (Å²) < 4.78 is 0.928. The Morgan fingerprint density at radius 1 is 1.14 bits per heavy atom. The largest absolute Gasteiger partial charge is 0.399 e. The molecule has 2 heterocycles. The van der Waals surface area contributed by atoms with Crippen molar-refractivity contribution in [3.8, 4) is 11.3 Å². The maximum Gasteiger partial charge on any atom is 0.133 e. The van der Waals surface area contributed by atoms with Crippen LogP contribution in [0.25, 0.3) is 11.3 Å². The second-order valence-corrected chi connectivity index (χ2v) is 6.03. The Labute approximate surface area is 137 Å². The van der Waals surface area contributed by atoms with Crippen LogP contribution in [0.4, 0.5) is 5.69 Å². The summed E-state index contributed by atoms with van der Waals surface area (Å²) in [4.78, 5) is 13.2. The van der Waals surface area contributed by atoms with Crippen molar-refractivity contribution in [1.29, 1.82) is 0 Å². The number of aromatic nitrogens is 3. The molecule has 0 bridgehead atoms. The molecule has 0 amide bonds. The van der Waals surface area contributed by atoms with Gasteiger partial charge in [0.1, 0.15) is 5.82 Å².